The Kier molecular flexibility index (Phi) is 1.89. The largest absolute Gasteiger partial charge is 0.329 e. The molecule has 70 valence electrons. The Morgan fingerprint density at radius 1 is 1.92 bits per heavy atom. The first-order valence-corrected chi connectivity index (χ1v) is 5.01. The summed E-state index contributed by atoms with van der Waals surface area (Å²) in [4.78, 5) is 15.7. The summed E-state index contributed by atoms with van der Waals surface area (Å²) in [7, 11) is 0. The van der Waals surface area contributed by atoms with Crippen LogP contribution in [0.5, 0.6) is 0 Å². The van der Waals surface area contributed by atoms with Gasteiger partial charge in [0.1, 0.15) is 0 Å². The second-order valence-corrected chi connectivity index (χ2v) is 5.40. The number of fused-ring (bicyclic) bond motifs is 1. The van der Waals surface area contributed by atoms with Crippen molar-refractivity contribution in [3.05, 3.63) is 10.4 Å². The number of carbonyl (C=O) groups is 1. The zero-order valence-electron chi connectivity index (χ0n) is 7.30. The van der Waals surface area contributed by atoms with Gasteiger partial charge in [0.2, 0.25) is 5.91 Å². The Balaban J connectivity index is 2.03. The van der Waals surface area contributed by atoms with Gasteiger partial charge >= 0.3 is 0 Å². The van der Waals surface area contributed by atoms with E-state index >= 15 is 0 Å². The maximum absolute atomic E-state index is 11.1. The predicted octanol–water partition coefficient (Wildman–Crippen LogP) is 1.36. The van der Waals surface area contributed by atoms with Crippen LogP contribution in [0.2, 0.25) is 0 Å². The van der Waals surface area contributed by atoms with Crippen molar-refractivity contribution in [2.75, 3.05) is 13.1 Å². The number of β-lactam (4-membered cyclic amide) rings is 1. The van der Waals surface area contributed by atoms with E-state index < -0.39 is 0 Å². The molecule has 2 aliphatic rings. The van der Waals surface area contributed by atoms with E-state index in [1.54, 1.807) is 11.8 Å². The second-order valence-electron chi connectivity index (χ2n) is 3.64. The third-order valence-corrected chi connectivity index (χ3v) is 3.93. The summed E-state index contributed by atoms with van der Waals surface area (Å²) in [5.41, 5.74) is 8.21. The molecule has 0 aliphatic carbocycles. The number of hydrogen-bond donors (Lipinski definition) is 0. The Morgan fingerprint density at radius 2 is 2.69 bits per heavy atom. The van der Waals surface area contributed by atoms with Crippen LogP contribution >= 0.6 is 11.8 Å². The Bertz CT molecular complexity index is 301. The van der Waals surface area contributed by atoms with E-state index in [0.717, 1.165) is 6.54 Å². The van der Waals surface area contributed by atoms with E-state index in [-0.39, 0.29) is 10.7 Å². The van der Waals surface area contributed by atoms with Crippen LogP contribution in [-0.4, -0.2) is 34.0 Å². The maximum Gasteiger partial charge on any atom is 0.226 e. The van der Waals surface area contributed by atoms with Crippen LogP contribution in [0.1, 0.15) is 13.3 Å². The number of amides is 1. The second kappa shape index (κ2) is 2.82. The van der Waals surface area contributed by atoms with Crippen molar-refractivity contribution in [3.8, 4) is 0 Å². The number of hydrogen-bond acceptors (Lipinski definition) is 3. The minimum atomic E-state index is -0.0664. The first kappa shape index (κ1) is 8.72. The van der Waals surface area contributed by atoms with E-state index in [0.29, 0.717) is 18.3 Å². The van der Waals surface area contributed by atoms with E-state index in [1.165, 1.54) is 0 Å². The first-order chi connectivity index (χ1) is 6.14. The first-order valence-electron chi connectivity index (χ1n) is 4.13. The summed E-state index contributed by atoms with van der Waals surface area (Å²) < 4.78 is -0.0664. The van der Waals surface area contributed by atoms with Gasteiger partial charge in [0.05, 0.1) is 11.8 Å². The fourth-order valence-electron chi connectivity index (χ4n) is 1.71. The van der Waals surface area contributed by atoms with E-state index in [1.807, 2.05) is 11.8 Å². The molecule has 0 unspecified atom stereocenters. The van der Waals surface area contributed by atoms with Crippen LogP contribution < -0.4 is 0 Å². The molecule has 1 amide bonds. The fourth-order valence-corrected chi connectivity index (χ4v) is 3.26. The molecule has 0 radical (unpaired) electrons. The smallest absolute Gasteiger partial charge is 0.226 e. The highest BCUT2D eigenvalue weighted by Gasteiger charge is 2.49. The molecule has 0 aromatic rings. The van der Waals surface area contributed by atoms with Crippen molar-refractivity contribution < 1.29 is 4.79 Å². The van der Waals surface area contributed by atoms with Gasteiger partial charge < -0.3 is 4.90 Å². The molecule has 0 spiro atoms. The number of rotatable bonds is 2. The number of thioether (sulfide) groups is 1. The number of carbonyl (C=O) groups excluding carboxylic acids is 1. The molecule has 2 atom stereocenters. The summed E-state index contributed by atoms with van der Waals surface area (Å²) >= 11 is 1.75. The lowest BCUT2D eigenvalue weighted by atomic mass is 10.1. The van der Waals surface area contributed by atoms with Gasteiger partial charge in [0, 0.05) is 22.7 Å². The molecule has 5 nitrogen and oxygen atoms in total. The van der Waals surface area contributed by atoms with E-state index in [2.05, 4.69) is 10.0 Å². The lowest BCUT2D eigenvalue weighted by molar-refractivity contribution is -0.140. The molecular formula is C7H10N4OS. The van der Waals surface area contributed by atoms with Crippen molar-refractivity contribution in [1.29, 1.82) is 0 Å². The molecule has 2 rings (SSSR count). The van der Waals surface area contributed by atoms with Crippen molar-refractivity contribution in [2.24, 2.45) is 5.11 Å². The zero-order valence-corrected chi connectivity index (χ0v) is 8.12. The number of azide groups is 1. The highest BCUT2D eigenvalue weighted by atomic mass is 32.2. The van der Waals surface area contributed by atoms with Crippen LogP contribution in [0.25, 0.3) is 10.4 Å². The van der Waals surface area contributed by atoms with Gasteiger partial charge in [-0.3, -0.25) is 4.79 Å². The van der Waals surface area contributed by atoms with Gasteiger partial charge in [-0.15, -0.1) is 11.8 Å². The summed E-state index contributed by atoms with van der Waals surface area (Å²) in [5.74, 6) is 0.224. The zero-order chi connectivity index (χ0) is 9.47. The van der Waals surface area contributed by atoms with Gasteiger partial charge in [0.15, 0.2) is 0 Å². The molecule has 6 heteroatoms. The quantitative estimate of drug-likeness (QED) is 0.291. The Morgan fingerprint density at radius 3 is 3.23 bits per heavy atom. The average molecular weight is 198 g/mol. The highest BCUT2D eigenvalue weighted by Crippen LogP contribution is 2.46. The maximum atomic E-state index is 11.1. The van der Waals surface area contributed by atoms with Crippen molar-refractivity contribution in [2.45, 2.75) is 23.5 Å². The third kappa shape index (κ3) is 1.36. The molecule has 0 N–H and O–H groups in total. The molecule has 2 aliphatic heterocycles. The fraction of sp³-hybridized carbons (Fsp3) is 0.857. The minimum Gasteiger partial charge on any atom is -0.329 e. The van der Waals surface area contributed by atoms with Crippen molar-refractivity contribution in [1.82, 2.24) is 4.90 Å². The molecule has 2 saturated heterocycles. The van der Waals surface area contributed by atoms with E-state index in [4.69, 9.17) is 5.53 Å². The average Bonchev–Trinajstić information content (AvgIpc) is 2.37. The van der Waals surface area contributed by atoms with Crippen LogP contribution in [0, 0.1) is 0 Å². The summed E-state index contributed by atoms with van der Waals surface area (Å²) in [6.07, 6.45) is 0.649. The SMILES string of the molecule is C[C@]1(CN=[N+]=[N-])CN2C(=O)C[C@H]2S1. The molecule has 0 aromatic carbocycles. The van der Waals surface area contributed by atoms with Gasteiger partial charge in [-0.05, 0) is 12.5 Å². The van der Waals surface area contributed by atoms with E-state index in [9.17, 15) is 4.79 Å². The lowest BCUT2D eigenvalue weighted by Gasteiger charge is -2.32. The van der Waals surface area contributed by atoms with Crippen LogP contribution in [0.3, 0.4) is 0 Å². The molecule has 13 heavy (non-hydrogen) atoms. The van der Waals surface area contributed by atoms with Gasteiger partial charge in [0.25, 0.3) is 0 Å². The van der Waals surface area contributed by atoms with Gasteiger partial charge in [-0.2, -0.15) is 0 Å². The summed E-state index contributed by atoms with van der Waals surface area (Å²) in [6, 6.07) is 0. The van der Waals surface area contributed by atoms with Crippen LogP contribution in [-0.2, 0) is 4.79 Å². The number of nitrogens with zero attached hydrogens (tertiary/aromatic N) is 4. The monoisotopic (exact) mass is 198 g/mol. The summed E-state index contributed by atoms with van der Waals surface area (Å²) in [5, 5.41) is 3.91. The van der Waals surface area contributed by atoms with Gasteiger partial charge in [-0.1, -0.05) is 5.11 Å². The summed E-state index contributed by atoms with van der Waals surface area (Å²) in [6.45, 7) is 3.23. The molecular weight excluding hydrogens is 188 g/mol. The molecule has 0 saturated carbocycles. The lowest BCUT2D eigenvalue weighted by Crippen LogP contribution is -2.48. The van der Waals surface area contributed by atoms with Crippen LogP contribution in [0.15, 0.2) is 5.11 Å². The molecule has 0 bridgehead atoms. The Hall–Kier alpha value is -0.870. The van der Waals surface area contributed by atoms with Crippen LogP contribution in [0.4, 0.5) is 0 Å². The van der Waals surface area contributed by atoms with Crippen molar-refractivity contribution >= 4 is 17.7 Å². The van der Waals surface area contributed by atoms with Gasteiger partial charge in [-0.25, -0.2) is 0 Å². The highest BCUT2D eigenvalue weighted by molar-refractivity contribution is 8.01. The Labute approximate surface area is 80.1 Å². The standard InChI is InChI=1S/C7H10N4OS/c1-7(3-9-10-8)4-11-5(12)2-6(11)13-7/h6H,2-4H2,1H3/t6-,7+/m1/s1. The minimum absolute atomic E-state index is 0.0664. The molecule has 2 fully saturated rings. The molecule has 2 heterocycles. The normalized spacial score (nSPS) is 36.5. The third-order valence-electron chi connectivity index (χ3n) is 2.41. The molecule has 0 aromatic heterocycles. The predicted molar refractivity (Wildman–Crippen MR) is 50.1 cm³/mol. The van der Waals surface area contributed by atoms with Crippen molar-refractivity contribution in [3.63, 3.8) is 0 Å². The topological polar surface area (TPSA) is 69.1 Å².